The van der Waals surface area contributed by atoms with Gasteiger partial charge in [-0.3, -0.25) is 4.79 Å². The monoisotopic (exact) mass is 334 g/mol. The third-order valence-electron chi connectivity index (χ3n) is 7.88. The van der Waals surface area contributed by atoms with Gasteiger partial charge in [-0.2, -0.15) is 0 Å². The highest BCUT2D eigenvalue weighted by atomic mass is 16.5. The van der Waals surface area contributed by atoms with Gasteiger partial charge in [-0.15, -0.1) is 0 Å². The van der Waals surface area contributed by atoms with Crippen LogP contribution in [0.25, 0.3) is 0 Å². The number of hydrogen-bond donors (Lipinski definition) is 0. The zero-order valence-electron chi connectivity index (χ0n) is 16.8. The summed E-state index contributed by atoms with van der Waals surface area (Å²) in [4.78, 5) is 12.1. The van der Waals surface area contributed by atoms with Gasteiger partial charge < -0.3 is 4.74 Å². The number of ketones is 1. The van der Waals surface area contributed by atoms with E-state index in [1.54, 1.807) is 0 Å². The number of carbonyl (C=O) groups is 1. The van der Waals surface area contributed by atoms with E-state index in [1.165, 1.54) is 38.5 Å². The van der Waals surface area contributed by atoms with Gasteiger partial charge in [0.1, 0.15) is 5.78 Å². The summed E-state index contributed by atoms with van der Waals surface area (Å²) in [6.45, 7) is 13.1. The average molecular weight is 335 g/mol. The third-order valence-corrected chi connectivity index (χ3v) is 7.88. The molecule has 2 heteroatoms. The summed E-state index contributed by atoms with van der Waals surface area (Å²) in [5.41, 5.74) is 0.416. The van der Waals surface area contributed by atoms with Crippen molar-refractivity contribution >= 4 is 5.78 Å². The van der Waals surface area contributed by atoms with Crippen molar-refractivity contribution in [3.63, 3.8) is 0 Å². The van der Waals surface area contributed by atoms with Gasteiger partial charge in [-0.25, -0.2) is 0 Å². The third kappa shape index (κ3) is 3.32. The summed E-state index contributed by atoms with van der Waals surface area (Å²) >= 11 is 0. The fraction of sp³-hybridized carbons (Fsp3) is 0.955. The Morgan fingerprint density at radius 3 is 2.38 bits per heavy atom. The topological polar surface area (TPSA) is 26.3 Å². The minimum absolute atomic E-state index is 0.0241. The Labute approximate surface area is 149 Å². The Morgan fingerprint density at radius 2 is 1.75 bits per heavy atom. The fourth-order valence-corrected chi connectivity index (χ4v) is 6.36. The quantitative estimate of drug-likeness (QED) is 0.639. The van der Waals surface area contributed by atoms with Crippen molar-refractivity contribution in [2.45, 2.75) is 105 Å². The van der Waals surface area contributed by atoms with E-state index < -0.39 is 0 Å². The number of ether oxygens (including phenoxy) is 1. The molecule has 0 aliphatic heterocycles. The number of carbonyl (C=O) groups excluding carboxylic acids is 1. The number of Topliss-reactive ketones (excluding diaryl/α,β-unsaturated/α-hetero) is 1. The molecule has 2 unspecified atom stereocenters. The summed E-state index contributed by atoms with van der Waals surface area (Å²) < 4.78 is 6.33. The fourth-order valence-electron chi connectivity index (χ4n) is 6.36. The standard InChI is InChI=1S/C22H38O2/c1-15(23)21(5)11-10-19-16(14-21)7-8-17-13-18(24-20(2,3)4)9-12-22(17,19)6/h16-19H,7-14H2,1-6H3/t16?,17-,18+,19?,21-,22-/m0/s1. The maximum absolute atomic E-state index is 12.1. The highest BCUT2D eigenvalue weighted by Crippen LogP contribution is 2.61. The molecule has 0 radical (unpaired) electrons. The lowest BCUT2D eigenvalue weighted by molar-refractivity contribution is -0.148. The molecule has 138 valence electrons. The van der Waals surface area contributed by atoms with Gasteiger partial charge >= 0.3 is 0 Å². The van der Waals surface area contributed by atoms with E-state index in [1.807, 2.05) is 6.92 Å². The molecule has 0 aromatic heterocycles. The van der Waals surface area contributed by atoms with Gasteiger partial charge in [-0.05, 0) is 102 Å². The normalized spacial score (nSPS) is 46.1. The number of hydrogen-bond acceptors (Lipinski definition) is 2. The zero-order valence-corrected chi connectivity index (χ0v) is 16.8. The first-order valence-electron chi connectivity index (χ1n) is 10.2. The smallest absolute Gasteiger partial charge is 0.135 e. The molecular formula is C22H38O2. The first-order chi connectivity index (χ1) is 11.0. The summed E-state index contributed by atoms with van der Waals surface area (Å²) in [5, 5.41) is 0. The molecule has 3 rings (SSSR count). The Morgan fingerprint density at radius 1 is 1.04 bits per heavy atom. The van der Waals surface area contributed by atoms with Crippen LogP contribution in [0, 0.1) is 28.6 Å². The van der Waals surface area contributed by atoms with Crippen LogP contribution in [0.15, 0.2) is 0 Å². The molecule has 0 amide bonds. The zero-order chi connectivity index (χ0) is 17.8. The molecule has 0 bridgehead atoms. The highest BCUT2D eigenvalue weighted by molar-refractivity contribution is 5.82. The van der Waals surface area contributed by atoms with Crippen molar-refractivity contribution in [3.8, 4) is 0 Å². The lowest BCUT2D eigenvalue weighted by Gasteiger charge is -2.58. The maximum atomic E-state index is 12.1. The summed E-state index contributed by atoms with van der Waals surface area (Å²) in [5.74, 6) is 2.84. The Kier molecular flexibility index (Phi) is 4.69. The van der Waals surface area contributed by atoms with Gasteiger partial charge in [0.25, 0.3) is 0 Å². The van der Waals surface area contributed by atoms with E-state index in [4.69, 9.17) is 4.74 Å². The molecule has 0 aromatic rings. The van der Waals surface area contributed by atoms with Crippen molar-refractivity contribution in [3.05, 3.63) is 0 Å². The molecule has 3 saturated carbocycles. The van der Waals surface area contributed by atoms with Crippen LogP contribution >= 0.6 is 0 Å². The van der Waals surface area contributed by atoms with E-state index >= 15 is 0 Å². The van der Waals surface area contributed by atoms with Crippen LogP contribution in [0.1, 0.15) is 92.9 Å². The predicted molar refractivity (Wildman–Crippen MR) is 98.9 cm³/mol. The predicted octanol–water partition coefficient (Wildman–Crippen LogP) is 5.78. The first kappa shape index (κ1) is 18.4. The Bertz CT molecular complexity index is 491. The molecule has 24 heavy (non-hydrogen) atoms. The second-order valence-corrected chi connectivity index (χ2v) is 10.6. The molecule has 0 heterocycles. The van der Waals surface area contributed by atoms with E-state index in [0.717, 1.165) is 30.6 Å². The van der Waals surface area contributed by atoms with Crippen LogP contribution in [0.2, 0.25) is 0 Å². The van der Waals surface area contributed by atoms with Gasteiger partial charge in [0.2, 0.25) is 0 Å². The molecule has 3 aliphatic rings. The van der Waals surface area contributed by atoms with Gasteiger partial charge in [-0.1, -0.05) is 13.8 Å². The van der Waals surface area contributed by atoms with Crippen LogP contribution in [0.3, 0.4) is 0 Å². The summed E-state index contributed by atoms with van der Waals surface area (Å²) in [6.07, 6.45) is 10.4. The number of rotatable bonds is 2. The summed E-state index contributed by atoms with van der Waals surface area (Å²) in [7, 11) is 0. The average Bonchev–Trinajstić information content (AvgIpc) is 2.46. The van der Waals surface area contributed by atoms with Crippen LogP contribution in [-0.2, 0) is 9.53 Å². The molecular weight excluding hydrogens is 296 g/mol. The van der Waals surface area contributed by atoms with E-state index in [9.17, 15) is 4.79 Å². The van der Waals surface area contributed by atoms with Crippen molar-refractivity contribution in [1.82, 2.24) is 0 Å². The van der Waals surface area contributed by atoms with Crippen LogP contribution in [0.4, 0.5) is 0 Å². The van der Waals surface area contributed by atoms with Crippen molar-refractivity contribution in [2.24, 2.45) is 28.6 Å². The Hall–Kier alpha value is -0.370. The van der Waals surface area contributed by atoms with Crippen LogP contribution < -0.4 is 0 Å². The molecule has 6 atom stereocenters. The minimum Gasteiger partial charge on any atom is -0.373 e. The van der Waals surface area contributed by atoms with E-state index in [0.29, 0.717) is 17.3 Å². The van der Waals surface area contributed by atoms with Gasteiger partial charge in [0.15, 0.2) is 0 Å². The van der Waals surface area contributed by atoms with Gasteiger partial charge in [0, 0.05) is 5.41 Å². The molecule has 0 aromatic carbocycles. The van der Waals surface area contributed by atoms with Crippen LogP contribution in [0.5, 0.6) is 0 Å². The molecule has 0 N–H and O–H groups in total. The van der Waals surface area contributed by atoms with E-state index in [2.05, 4.69) is 34.6 Å². The highest BCUT2D eigenvalue weighted by Gasteiger charge is 2.54. The molecule has 3 aliphatic carbocycles. The van der Waals surface area contributed by atoms with Crippen molar-refractivity contribution < 1.29 is 9.53 Å². The van der Waals surface area contributed by atoms with E-state index in [-0.39, 0.29) is 11.0 Å². The second-order valence-electron chi connectivity index (χ2n) is 10.6. The molecule has 0 spiro atoms. The number of fused-ring (bicyclic) bond motifs is 3. The Balaban J connectivity index is 1.71. The maximum Gasteiger partial charge on any atom is 0.135 e. The largest absolute Gasteiger partial charge is 0.373 e. The molecule has 0 saturated heterocycles. The molecule has 2 nitrogen and oxygen atoms in total. The minimum atomic E-state index is -0.0447. The van der Waals surface area contributed by atoms with Crippen molar-refractivity contribution in [2.75, 3.05) is 0 Å². The van der Waals surface area contributed by atoms with Gasteiger partial charge in [0.05, 0.1) is 11.7 Å². The first-order valence-corrected chi connectivity index (χ1v) is 10.2. The second kappa shape index (κ2) is 6.11. The SMILES string of the molecule is CC(=O)[C@@]1(C)CCC2C(CC[C@H]3C[C@H](OC(C)(C)C)CC[C@]23C)C1. The lowest BCUT2D eigenvalue weighted by Crippen LogP contribution is -2.52. The van der Waals surface area contributed by atoms with Crippen molar-refractivity contribution in [1.29, 1.82) is 0 Å². The lowest BCUT2D eigenvalue weighted by atomic mass is 9.47. The molecule has 3 fully saturated rings. The summed E-state index contributed by atoms with van der Waals surface area (Å²) in [6, 6.07) is 0. The van der Waals surface area contributed by atoms with Crippen LogP contribution in [-0.4, -0.2) is 17.5 Å².